The second kappa shape index (κ2) is 7.22. The predicted molar refractivity (Wildman–Crippen MR) is 75.1 cm³/mol. The minimum Gasteiger partial charge on any atom is -0.373 e. The number of nitrogens with one attached hydrogen (secondary N) is 1. The van der Waals surface area contributed by atoms with E-state index in [0.29, 0.717) is 18.4 Å². The van der Waals surface area contributed by atoms with Crippen LogP contribution in [0.1, 0.15) is 26.7 Å². The van der Waals surface area contributed by atoms with Crippen molar-refractivity contribution >= 4 is 5.91 Å². The Kier molecular flexibility index (Phi) is 5.60. The summed E-state index contributed by atoms with van der Waals surface area (Å²) in [6, 6.07) is 0. The van der Waals surface area contributed by atoms with Gasteiger partial charge in [-0.3, -0.25) is 9.69 Å². The Morgan fingerprint density at radius 1 is 1.32 bits per heavy atom. The summed E-state index contributed by atoms with van der Waals surface area (Å²) in [7, 11) is 0. The molecule has 0 saturated carbocycles. The van der Waals surface area contributed by atoms with Crippen molar-refractivity contribution in [1.29, 1.82) is 0 Å². The highest BCUT2D eigenvalue weighted by atomic mass is 16.5. The van der Waals surface area contributed by atoms with Crippen LogP contribution in [0.2, 0.25) is 0 Å². The van der Waals surface area contributed by atoms with Gasteiger partial charge in [0.15, 0.2) is 0 Å². The summed E-state index contributed by atoms with van der Waals surface area (Å²) < 4.78 is 5.84. The molecule has 2 atom stereocenters. The first-order chi connectivity index (χ1) is 9.19. The van der Waals surface area contributed by atoms with Crippen molar-refractivity contribution in [3.05, 3.63) is 0 Å². The fourth-order valence-corrected chi connectivity index (χ4v) is 2.87. The lowest BCUT2D eigenvalue weighted by Crippen LogP contribution is -2.49. The minimum atomic E-state index is 0.285. The second-order valence-electron chi connectivity index (χ2n) is 5.62. The van der Waals surface area contributed by atoms with Gasteiger partial charge in [0.05, 0.1) is 12.2 Å². The van der Waals surface area contributed by atoms with E-state index in [1.165, 1.54) is 0 Å². The van der Waals surface area contributed by atoms with Crippen LogP contribution in [-0.2, 0) is 9.53 Å². The number of piperazine rings is 1. The number of ether oxygens (including phenoxy) is 1. The molecule has 2 fully saturated rings. The zero-order valence-electron chi connectivity index (χ0n) is 12.2. The normalized spacial score (nSPS) is 29.5. The van der Waals surface area contributed by atoms with Crippen LogP contribution in [0.3, 0.4) is 0 Å². The van der Waals surface area contributed by atoms with Crippen molar-refractivity contribution in [1.82, 2.24) is 15.1 Å². The van der Waals surface area contributed by atoms with Crippen LogP contribution in [0.5, 0.6) is 0 Å². The molecule has 2 rings (SSSR count). The second-order valence-corrected chi connectivity index (χ2v) is 5.62. The van der Waals surface area contributed by atoms with Crippen molar-refractivity contribution in [2.24, 2.45) is 0 Å². The van der Waals surface area contributed by atoms with Crippen LogP contribution in [0.25, 0.3) is 0 Å². The van der Waals surface area contributed by atoms with Crippen molar-refractivity contribution in [3.8, 4) is 0 Å². The number of amides is 1. The van der Waals surface area contributed by atoms with Crippen molar-refractivity contribution in [2.45, 2.75) is 38.9 Å². The van der Waals surface area contributed by atoms with Gasteiger partial charge in [-0.1, -0.05) is 6.92 Å². The fraction of sp³-hybridized carbons (Fsp3) is 0.929. The lowest BCUT2D eigenvalue weighted by atomic mass is 10.1. The van der Waals surface area contributed by atoms with Crippen molar-refractivity contribution in [3.63, 3.8) is 0 Å². The van der Waals surface area contributed by atoms with E-state index in [9.17, 15) is 4.79 Å². The minimum absolute atomic E-state index is 0.285. The zero-order chi connectivity index (χ0) is 13.7. The summed E-state index contributed by atoms with van der Waals surface area (Å²) in [4.78, 5) is 16.5. The molecule has 0 aliphatic carbocycles. The quantitative estimate of drug-likeness (QED) is 0.798. The third-order valence-electron chi connectivity index (χ3n) is 3.97. The Balaban J connectivity index is 1.73. The Morgan fingerprint density at radius 2 is 2.05 bits per heavy atom. The van der Waals surface area contributed by atoms with E-state index in [4.69, 9.17) is 4.74 Å². The number of hydrogen-bond donors (Lipinski definition) is 1. The summed E-state index contributed by atoms with van der Waals surface area (Å²) in [5.74, 6) is 0.300. The van der Waals surface area contributed by atoms with Crippen molar-refractivity contribution in [2.75, 3.05) is 45.8 Å². The third-order valence-corrected chi connectivity index (χ3v) is 3.97. The van der Waals surface area contributed by atoms with E-state index in [1.54, 1.807) is 0 Å². The molecule has 0 bridgehead atoms. The molecule has 2 saturated heterocycles. The monoisotopic (exact) mass is 269 g/mol. The van der Waals surface area contributed by atoms with Gasteiger partial charge in [-0.05, 0) is 13.3 Å². The number of nitrogens with zero attached hydrogens (tertiary/aromatic N) is 2. The zero-order valence-corrected chi connectivity index (χ0v) is 12.2. The molecule has 19 heavy (non-hydrogen) atoms. The molecule has 0 aromatic heterocycles. The average Bonchev–Trinajstić information content (AvgIpc) is 2.45. The van der Waals surface area contributed by atoms with E-state index in [-0.39, 0.29) is 6.10 Å². The van der Waals surface area contributed by atoms with Gasteiger partial charge in [0.2, 0.25) is 5.91 Å². The molecule has 0 aromatic rings. The highest BCUT2D eigenvalue weighted by molar-refractivity contribution is 5.76. The van der Waals surface area contributed by atoms with Gasteiger partial charge in [-0.25, -0.2) is 0 Å². The smallest absolute Gasteiger partial charge is 0.223 e. The highest BCUT2D eigenvalue weighted by Gasteiger charge is 2.25. The first-order valence-electron chi connectivity index (χ1n) is 7.55. The van der Waals surface area contributed by atoms with E-state index < -0.39 is 0 Å². The molecule has 0 radical (unpaired) electrons. The van der Waals surface area contributed by atoms with Gasteiger partial charge < -0.3 is 15.0 Å². The highest BCUT2D eigenvalue weighted by Crippen LogP contribution is 2.14. The van der Waals surface area contributed by atoms with Crippen LogP contribution >= 0.6 is 0 Å². The Labute approximate surface area is 116 Å². The van der Waals surface area contributed by atoms with Crippen LogP contribution in [0.15, 0.2) is 0 Å². The van der Waals surface area contributed by atoms with E-state index in [2.05, 4.69) is 24.1 Å². The fourth-order valence-electron chi connectivity index (χ4n) is 2.87. The van der Waals surface area contributed by atoms with Gasteiger partial charge in [-0.15, -0.1) is 0 Å². The molecular weight excluding hydrogens is 242 g/mol. The maximum atomic E-state index is 12.1. The summed E-state index contributed by atoms with van der Waals surface area (Å²) in [6.45, 7) is 10.6. The average molecular weight is 269 g/mol. The summed E-state index contributed by atoms with van der Waals surface area (Å²) in [5, 5.41) is 3.27. The van der Waals surface area contributed by atoms with Crippen LogP contribution < -0.4 is 5.32 Å². The molecule has 0 aromatic carbocycles. The third kappa shape index (κ3) is 4.44. The lowest BCUT2D eigenvalue weighted by Gasteiger charge is -2.37. The summed E-state index contributed by atoms with van der Waals surface area (Å²) >= 11 is 0. The van der Waals surface area contributed by atoms with Gasteiger partial charge in [-0.2, -0.15) is 0 Å². The molecule has 0 spiro atoms. The molecule has 1 N–H and O–H groups in total. The number of carbonyl (C=O) groups is 1. The van der Waals surface area contributed by atoms with Crippen LogP contribution in [-0.4, -0.2) is 73.7 Å². The molecule has 110 valence electrons. The molecule has 2 heterocycles. The maximum Gasteiger partial charge on any atom is 0.223 e. The van der Waals surface area contributed by atoms with Crippen molar-refractivity contribution < 1.29 is 9.53 Å². The Bertz CT molecular complexity index is 292. The topological polar surface area (TPSA) is 44.8 Å². The van der Waals surface area contributed by atoms with E-state index in [0.717, 1.165) is 52.2 Å². The van der Waals surface area contributed by atoms with Gasteiger partial charge in [0.1, 0.15) is 0 Å². The molecular formula is C14H27N3O2. The molecule has 1 amide bonds. The maximum absolute atomic E-state index is 12.1. The summed E-state index contributed by atoms with van der Waals surface area (Å²) in [6.07, 6.45) is 2.31. The Morgan fingerprint density at radius 3 is 2.74 bits per heavy atom. The molecule has 2 aliphatic rings. The largest absolute Gasteiger partial charge is 0.373 e. The first kappa shape index (κ1) is 14.8. The number of hydrogen-bond acceptors (Lipinski definition) is 4. The first-order valence-corrected chi connectivity index (χ1v) is 7.55. The van der Waals surface area contributed by atoms with Crippen LogP contribution in [0.4, 0.5) is 0 Å². The molecule has 2 aliphatic heterocycles. The molecule has 5 heteroatoms. The summed E-state index contributed by atoms with van der Waals surface area (Å²) in [5.41, 5.74) is 0. The lowest BCUT2D eigenvalue weighted by molar-refractivity contribution is -0.133. The van der Waals surface area contributed by atoms with Crippen LogP contribution in [0, 0.1) is 0 Å². The standard InChI is InChI=1S/C14H27N3O2/c1-3-13-11-16(10-12(2)19-13)7-4-14(18)17-8-5-15-6-9-17/h12-13,15H,3-11H2,1-2H3. The van der Waals surface area contributed by atoms with Gasteiger partial charge in [0.25, 0.3) is 0 Å². The number of carbonyl (C=O) groups excluding carboxylic acids is 1. The van der Waals surface area contributed by atoms with Gasteiger partial charge >= 0.3 is 0 Å². The number of rotatable bonds is 4. The number of morpholine rings is 1. The molecule has 5 nitrogen and oxygen atoms in total. The van der Waals surface area contributed by atoms with E-state index in [1.807, 2.05) is 4.90 Å². The Hall–Kier alpha value is -0.650. The molecule has 2 unspecified atom stereocenters. The predicted octanol–water partition coefficient (Wildman–Crippen LogP) is 0.308. The SMILES string of the molecule is CCC1CN(CCC(=O)N2CCNCC2)CC(C)O1. The van der Waals surface area contributed by atoms with E-state index >= 15 is 0 Å². The van der Waals surface area contributed by atoms with Gasteiger partial charge in [0, 0.05) is 52.2 Å².